The lowest BCUT2D eigenvalue weighted by Crippen LogP contribution is -2.16. The molecule has 0 atom stereocenters. The molecule has 0 unspecified atom stereocenters. The zero-order valence-electron chi connectivity index (χ0n) is 12.2. The van der Waals surface area contributed by atoms with Gasteiger partial charge in [-0.25, -0.2) is 9.67 Å². The van der Waals surface area contributed by atoms with Crippen LogP contribution in [0, 0.1) is 0 Å². The van der Waals surface area contributed by atoms with Crippen molar-refractivity contribution in [2.45, 2.75) is 58.7 Å². The molecule has 3 rings (SSSR count). The van der Waals surface area contributed by atoms with Crippen LogP contribution >= 0.6 is 0 Å². The maximum atomic E-state index is 5.60. The van der Waals surface area contributed by atoms with E-state index in [1.165, 1.54) is 18.4 Å². The summed E-state index contributed by atoms with van der Waals surface area (Å²) in [5, 5.41) is 8.06. The molecule has 1 fully saturated rings. The van der Waals surface area contributed by atoms with Crippen LogP contribution < -0.4 is 5.32 Å². The topological polar surface area (TPSA) is 55.9 Å². The summed E-state index contributed by atoms with van der Waals surface area (Å²) in [5.41, 5.74) is 1.19. The van der Waals surface area contributed by atoms with Gasteiger partial charge in [-0.3, -0.25) is 0 Å². The molecule has 0 radical (unpaired) electrons. The van der Waals surface area contributed by atoms with Crippen molar-refractivity contribution in [3.63, 3.8) is 0 Å². The predicted octanol–water partition coefficient (Wildman–Crippen LogP) is 2.30. The number of furan rings is 1. The highest BCUT2D eigenvalue weighted by molar-refractivity contribution is 5.18. The Bertz CT molecular complexity index is 568. The van der Waals surface area contributed by atoms with Crippen LogP contribution in [0.3, 0.4) is 0 Å². The third kappa shape index (κ3) is 2.93. The fourth-order valence-electron chi connectivity index (χ4n) is 2.31. The predicted molar refractivity (Wildman–Crippen MR) is 76.4 cm³/mol. The highest BCUT2D eigenvalue weighted by atomic mass is 16.3. The summed E-state index contributed by atoms with van der Waals surface area (Å²) in [4.78, 5) is 4.55. The lowest BCUT2D eigenvalue weighted by atomic mass is 10.2. The molecule has 0 spiro atoms. The van der Waals surface area contributed by atoms with Gasteiger partial charge in [0.2, 0.25) is 0 Å². The molecule has 0 aliphatic heterocycles. The summed E-state index contributed by atoms with van der Waals surface area (Å²) >= 11 is 0. The Kier molecular flexibility index (Phi) is 3.87. The molecule has 1 aliphatic rings. The number of aryl methyl sites for hydroxylation is 2. The third-order valence-corrected chi connectivity index (χ3v) is 3.71. The molecule has 0 aromatic carbocycles. The monoisotopic (exact) mass is 274 g/mol. The molecule has 2 aromatic heterocycles. The van der Waals surface area contributed by atoms with Crippen LogP contribution in [0.5, 0.6) is 0 Å². The van der Waals surface area contributed by atoms with Gasteiger partial charge in [-0.2, -0.15) is 5.10 Å². The smallest absolute Gasteiger partial charge is 0.150 e. The minimum absolute atomic E-state index is 0.692. The Labute approximate surface area is 119 Å². The van der Waals surface area contributed by atoms with Gasteiger partial charge in [0.1, 0.15) is 11.6 Å². The molecular weight excluding hydrogens is 252 g/mol. The first-order valence-electron chi connectivity index (χ1n) is 7.51. The van der Waals surface area contributed by atoms with Crippen molar-refractivity contribution in [3.8, 4) is 0 Å². The number of nitrogens with one attached hydrogen (secondary N) is 1. The number of hydrogen-bond acceptors (Lipinski definition) is 4. The van der Waals surface area contributed by atoms with Crippen molar-refractivity contribution in [1.82, 2.24) is 20.1 Å². The van der Waals surface area contributed by atoms with Gasteiger partial charge in [0.05, 0.1) is 19.4 Å². The summed E-state index contributed by atoms with van der Waals surface area (Å²) in [7, 11) is 0. The van der Waals surface area contributed by atoms with E-state index in [-0.39, 0.29) is 0 Å². The van der Waals surface area contributed by atoms with Gasteiger partial charge in [0.25, 0.3) is 0 Å². The summed E-state index contributed by atoms with van der Waals surface area (Å²) in [5.74, 6) is 2.99. The zero-order valence-corrected chi connectivity index (χ0v) is 12.2. The Balaban J connectivity index is 1.73. The lowest BCUT2D eigenvalue weighted by Gasteiger charge is -2.06. The molecule has 1 N–H and O–H groups in total. The standard InChI is InChI=1S/C15H22N4O/c1-3-14-17-15(4-2)19(18-14)10-11-7-8-20-13(11)9-16-12-5-6-12/h7-8,12,16H,3-6,9-10H2,1-2H3. The van der Waals surface area contributed by atoms with Gasteiger partial charge in [-0.1, -0.05) is 13.8 Å². The molecule has 0 amide bonds. The molecular formula is C15H22N4O. The number of rotatable bonds is 7. The third-order valence-electron chi connectivity index (χ3n) is 3.71. The van der Waals surface area contributed by atoms with Crippen LogP contribution in [0.1, 0.15) is 49.7 Å². The first kappa shape index (κ1) is 13.4. The zero-order chi connectivity index (χ0) is 13.9. The van der Waals surface area contributed by atoms with Crippen molar-refractivity contribution >= 4 is 0 Å². The van der Waals surface area contributed by atoms with E-state index in [1.54, 1.807) is 6.26 Å². The first-order chi connectivity index (χ1) is 9.80. The second-order valence-electron chi connectivity index (χ2n) is 5.33. The van der Waals surface area contributed by atoms with Crippen LogP contribution in [-0.4, -0.2) is 20.8 Å². The molecule has 0 bridgehead atoms. The minimum atomic E-state index is 0.692. The van der Waals surface area contributed by atoms with Gasteiger partial charge in [-0.05, 0) is 18.9 Å². The average Bonchev–Trinajstić information content (AvgIpc) is 3.05. The molecule has 5 nitrogen and oxygen atoms in total. The highest BCUT2D eigenvalue weighted by Gasteiger charge is 2.21. The SMILES string of the molecule is CCc1nc(CC)n(Cc2ccoc2CNC2CC2)n1. The van der Waals surface area contributed by atoms with E-state index < -0.39 is 0 Å². The van der Waals surface area contributed by atoms with Crippen LogP contribution in [0.4, 0.5) is 0 Å². The summed E-state index contributed by atoms with van der Waals surface area (Å²) in [6.45, 7) is 5.75. The van der Waals surface area contributed by atoms with E-state index >= 15 is 0 Å². The Hall–Kier alpha value is -1.62. The van der Waals surface area contributed by atoms with Crippen molar-refractivity contribution < 1.29 is 4.42 Å². The summed E-state index contributed by atoms with van der Waals surface area (Å²) in [6, 6.07) is 2.73. The minimum Gasteiger partial charge on any atom is -0.468 e. The largest absolute Gasteiger partial charge is 0.468 e. The van der Waals surface area contributed by atoms with E-state index in [0.717, 1.165) is 43.3 Å². The van der Waals surface area contributed by atoms with Crippen LogP contribution in [0.2, 0.25) is 0 Å². The maximum absolute atomic E-state index is 5.60. The molecule has 1 aliphatic carbocycles. The Morgan fingerprint density at radius 3 is 2.90 bits per heavy atom. The quantitative estimate of drug-likeness (QED) is 0.841. The average molecular weight is 274 g/mol. The van der Waals surface area contributed by atoms with Gasteiger partial charge in [-0.15, -0.1) is 0 Å². The second-order valence-corrected chi connectivity index (χ2v) is 5.33. The fourth-order valence-corrected chi connectivity index (χ4v) is 2.31. The summed E-state index contributed by atoms with van der Waals surface area (Å²) in [6.07, 6.45) is 6.13. The Morgan fingerprint density at radius 1 is 1.35 bits per heavy atom. The highest BCUT2D eigenvalue weighted by Crippen LogP contribution is 2.20. The Morgan fingerprint density at radius 2 is 2.20 bits per heavy atom. The molecule has 108 valence electrons. The van der Waals surface area contributed by atoms with Crippen LogP contribution in [-0.2, 0) is 25.9 Å². The number of hydrogen-bond donors (Lipinski definition) is 1. The molecule has 1 saturated carbocycles. The molecule has 5 heteroatoms. The van der Waals surface area contributed by atoms with E-state index in [2.05, 4.69) is 29.2 Å². The van der Waals surface area contributed by atoms with Crippen LogP contribution in [0.25, 0.3) is 0 Å². The van der Waals surface area contributed by atoms with Crippen molar-refractivity contribution in [1.29, 1.82) is 0 Å². The molecule has 2 heterocycles. The second kappa shape index (κ2) is 5.79. The lowest BCUT2D eigenvalue weighted by molar-refractivity contribution is 0.473. The van der Waals surface area contributed by atoms with Gasteiger partial charge < -0.3 is 9.73 Å². The van der Waals surface area contributed by atoms with Crippen molar-refractivity contribution in [3.05, 3.63) is 35.3 Å². The fraction of sp³-hybridized carbons (Fsp3) is 0.600. The van der Waals surface area contributed by atoms with E-state index in [1.807, 2.05) is 10.7 Å². The van der Waals surface area contributed by atoms with Crippen LogP contribution in [0.15, 0.2) is 16.7 Å². The van der Waals surface area contributed by atoms with Gasteiger partial charge in [0, 0.05) is 24.4 Å². The molecule has 0 saturated heterocycles. The van der Waals surface area contributed by atoms with E-state index in [4.69, 9.17) is 4.42 Å². The maximum Gasteiger partial charge on any atom is 0.150 e. The molecule has 2 aromatic rings. The molecule has 20 heavy (non-hydrogen) atoms. The van der Waals surface area contributed by atoms with E-state index in [0.29, 0.717) is 6.04 Å². The van der Waals surface area contributed by atoms with Gasteiger partial charge >= 0.3 is 0 Å². The summed E-state index contributed by atoms with van der Waals surface area (Å²) < 4.78 is 7.60. The van der Waals surface area contributed by atoms with Gasteiger partial charge in [0.15, 0.2) is 5.82 Å². The number of aromatic nitrogens is 3. The van der Waals surface area contributed by atoms with Crippen molar-refractivity contribution in [2.75, 3.05) is 0 Å². The van der Waals surface area contributed by atoms with Crippen molar-refractivity contribution in [2.24, 2.45) is 0 Å². The van der Waals surface area contributed by atoms with E-state index in [9.17, 15) is 0 Å². The first-order valence-corrected chi connectivity index (χ1v) is 7.51. The normalized spacial score (nSPS) is 14.9. The number of nitrogens with zero attached hydrogens (tertiary/aromatic N) is 3.